The lowest BCUT2D eigenvalue weighted by molar-refractivity contribution is 0.153. The Hall–Kier alpha value is -2.08. The highest BCUT2D eigenvalue weighted by Crippen LogP contribution is 2.18. The molecule has 0 aliphatic carbocycles. The van der Waals surface area contributed by atoms with Gasteiger partial charge >= 0.3 is 0 Å². The van der Waals surface area contributed by atoms with Crippen molar-refractivity contribution in [3.8, 4) is 0 Å². The molecule has 0 aromatic carbocycles. The van der Waals surface area contributed by atoms with Gasteiger partial charge in [0.2, 0.25) is 0 Å². The monoisotopic (exact) mass is 371 g/mol. The van der Waals surface area contributed by atoms with Crippen molar-refractivity contribution in [1.29, 1.82) is 0 Å². The summed E-state index contributed by atoms with van der Waals surface area (Å²) in [6, 6.07) is 4.72. The third kappa shape index (κ3) is 6.24. The second kappa shape index (κ2) is 10.3. The first kappa shape index (κ1) is 19.7. The Balaban J connectivity index is 1.46. The molecule has 0 radical (unpaired) electrons. The van der Waals surface area contributed by atoms with Crippen molar-refractivity contribution in [2.75, 3.05) is 44.3 Å². The fraction of sp³-hybridized carbons (Fsp3) is 0.619. The van der Waals surface area contributed by atoms with Gasteiger partial charge in [0, 0.05) is 38.4 Å². The van der Waals surface area contributed by atoms with E-state index in [1.165, 1.54) is 11.1 Å². The lowest BCUT2D eigenvalue weighted by atomic mass is 10.1. The van der Waals surface area contributed by atoms with E-state index in [2.05, 4.69) is 52.6 Å². The molecule has 0 amide bonds. The number of aliphatic imine (C=N–C) groups is 1. The molecule has 3 rings (SSSR count). The summed E-state index contributed by atoms with van der Waals surface area (Å²) >= 11 is 0. The highest BCUT2D eigenvalue weighted by Gasteiger charge is 2.20. The zero-order valence-corrected chi connectivity index (χ0v) is 16.7. The van der Waals surface area contributed by atoms with Crippen LogP contribution in [0.4, 0.5) is 5.82 Å². The molecule has 3 heterocycles. The van der Waals surface area contributed by atoms with Gasteiger partial charge in [0.1, 0.15) is 5.82 Å². The van der Waals surface area contributed by atoms with Crippen LogP contribution in [0.25, 0.3) is 0 Å². The fourth-order valence-corrected chi connectivity index (χ4v) is 3.52. The Bertz CT molecular complexity index is 632. The summed E-state index contributed by atoms with van der Waals surface area (Å²) in [6.45, 7) is 9.56. The molecule has 148 valence electrons. The van der Waals surface area contributed by atoms with E-state index >= 15 is 0 Å². The van der Waals surface area contributed by atoms with E-state index in [1.54, 1.807) is 0 Å². The summed E-state index contributed by atoms with van der Waals surface area (Å²) in [5.41, 5.74) is 2.68. The summed E-state index contributed by atoms with van der Waals surface area (Å²) < 4.78 is 5.37. The highest BCUT2D eigenvalue weighted by molar-refractivity contribution is 5.80. The molecule has 2 N–H and O–H groups in total. The van der Waals surface area contributed by atoms with Crippen LogP contribution in [0.3, 0.4) is 0 Å². The first-order chi connectivity index (χ1) is 13.2. The number of guanidine groups is 1. The van der Waals surface area contributed by atoms with Gasteiger partial charge in [0.05, 0.1) is 13.2 Å². The molecule has 1 fully saturated rings. The molecular weight excluding hydrogens is 338 g/mol. The molecule has 0 bridgehead atoms. The Morgan fingerprint density at radius 2 is 2.19 bits per heavy atom. The molecule has 1 aromatic heterocycles. The zero-order chi connectivity index (χ0) is 18.9. The SMILES string of the molecule is CCNC(=NCCC1=CCOCC1)NC1CCN(c2ccc(C)cn2)CC1. The average Bonchev–Trinajstić information content (AvgIpc) is 2.70. The second-order valence-electron chi connectivity index (χ2n) is 7.30. The van der Waals surface area contributed by atoms with Gasteiger partial charge in [-0.2, -0.15) is 0 Å². The van der Waals surface area contributed by atoms with Crippen molar-refractivity contribution in [2.45, 2.75) is 45.6 Å². The molecule has 6 nitrogen and oxygen atoms in total. The van der Waals surface area contributed by atoms with Gasteiger partial charge in [-0.25, -0.2) is 4.98 Å². The minimum Gasteiger partial charge on any atom is -0.377 e. The predicted molar refractivity (Wildman–Crippen MR) is 111 cm³/mol. The minimum atomic E-state index is 0.465. The van der Waals surface area contributed by atoms with Crippen molar-refractivity contribution < 1.29 is 4.74 Å². The molecular formula is C21H33N5O. The average molecular weight is 372 g/mol. The number of hydrogen-bond acceptors (Lipinski definition) is 4. The zero-order valence-electron chi connectivity index (χ0n) is 16.7. The third-order valence-corrected chi connectivity index (χ3v) is 5.16. The van der Waals surface area contributed by atoms with Crippen molar-refractivity contribution >= 4 is 11.8 Å². The number of aromatic nitrogens is 1. The molecule has 2 aliphatic heterocycles. The Morgan fingerprint density at radius 1 is 1.33 bits per heavy atom. The number of anilines is 1. The van der Waals surface area contributed by atoms with Crippen LogP contribution in [0.1, 0.15) is 38.2 Å². The van der Waals surface area contributed by atoms with Gasteiger partial charge < -0.3 is 20.3 Å². The van der Waals surface area contributed by atoms with Gasteiger partial charge in [0.25, 0.3) is 0 Å². The van der Waals surface area contributed by atoms with Gasteiger partial charge in [0.15, 0.2) is 5.96 Å². The Morgan fingerprint density at radius 3 is 2.85 bits per heavy atom. The summed E-state index contributed by atoms with van der Waals surface area (Å²) in [5, 5.41) is 7.01. The summed E-state index contributed by atoms with van der Waals surface area (Å²) in [7, 11) is 0. The van der Waals surface area contributed by atoms with Gasteiger partial charge in [-0.15, -0.1) is 0 Å². The van der Waals surface area contributed by atoms with E-state index in [9.17, 15) is 0 Å². The number of nitrogens with one attached hydrogen (secondary N) is 2. The number of rotatable bonds is 6. The van der Waals surface area contributed by atoms with E-state index in [4.69, 9.17) is 9.73 Å². The Labute approximate surface area is 163 Å². The first-order valence-electron chi connectivity index (χ1n) is 10.2. The fourth-order valence-electron chi connectivity index (χ4n) is 3.52. The number of aryl methyl sites for hydroxylation is 1. The summed E-state index contributed by atoms with van der Waals surface area (Å²) in [4.78, 5) is 11.7. The second-order valence-corrected chi connectivity index (χ2v) is 7.30. The van der Waals surface area contributed by atoms with Crippen LogP contribution in [0.5, 0.6) is 0 Å². The molecule has 0 spiro atoms. The van der Waals surface area contributed by atoms with Crippen molar-refractivity contribution in [3.63, 3.8) is 0 Å². The quantitative estimate of drug-likeness (QED) is 0.457. The van der Waals surface area contributed by atoms with E-state index in [0.29, 0.717) is 6.04 Å². The number of piperidine rings is 1. The van der Waals surface area contributed by atoms with Crippen LogP contribution in [0, 0.1) is 6.92 Å². The van der Waals surface area contributed by atoms with Crippen molar-refractivity contribution in [2.24, 2.45) is 4.99 Å². The standard InChI is InChI=1S/C21H33N5O/c1-3-22-21(23-11-6-18-9-14-27-15-10-18)25-19-7-12-26(13-8-19)20-5-4-17(2)16-24-20/h4-5,9,16,19H,3,6-8,10-15H2,1-2H3,(H2,22,23,25). The normalized spacial score (nSPS) is 19.0. The number of pyridine rings is 1. The highest BCUT2D eigenvalue weighted by atomic mass is 16.5. The maximum absolute atomic E-state index is 5.37. The maximum Gasteiger partial charge on any atom is 0.191 e. The lowest BCUT2D eigenvalue weighted by Crippen LogP contribution is -2.49. The summed E-state index contributed by atoms with van der Waals surface area (Å²) in [5.74, 6) is 2.03. The molecule has 1 saturated heterocycles. The smallest absolute Gasteiger partial charge is 0.191 e. The third-order valence-electron chi connectivity index (χ3n) is 5.16. The summed E-state index contributed by atoms with van der Waals surface area (Å²) in [6.07, 6.45) is 8.42. The van der Waals surface area contributed by atoms with E-state index in [1.807, 2.05) is 6.20 Å². The van der Waals surface area contributed by atoms with Crippen LogP contribution in [-0.2, 0) is 4.74 Å². The van der Waals surface area contributed by atoms with Crippen LogP contribution in [-0.4, -0.2) is 56.4 Å². The molecule has 6 heteroatoms. The largest absolute Gasteiger partial charge is 0.377 e. The number of ether oxygens (including phenoxy) is 1. The minimum absolute atomic E-state index is 0.465. The number of nitrogens with zero attached hydrogens (tertiary/aromatic N) is 3. The predicted octanol–water partition coefficient (Wildman–Crippen LogP) is 2.65. The lowest BCUT2D eigenvalue weighted by Gasteiger charge is -2.33. The van der Waals surface area contributed by atoms with Gasteiger partial charge in [-0.05, 0) is 51.2 Å². The van der Waals surface area contributed by atoms with Crippen LogP contribution in [0.2, 0.25) is 0 Å². The molecule has 1 aromatic rings. The topological polar surface area (TPSA) is 61.8 Å². The molecule has 0 atom stereocenters. The van der Waals surface area contributed by atoms with Gasteiger partial charge in [-0.1, -0.05) is 17.7 Å². The molecule has 0 unspecified atom stereocenters. The van der Waals surface area contributed by atoms with Gasteiger partial charge in [-0.3, -0.25) is 4.99 Å². The Kier molecular flexibility index (Phi) is 7.51. The van der Waals surface area contributed by atoms with E-state index < -0.39 is 0 Å². The molecule has 2 aliphatic rings. The first-order valence-corrected chi connectivity index (χ1v) is 10.2. The van der Waals surface area contributed by atoms with Crippen molar-refractivity contribution in [3.05, 3.63) is 35.5 Å². The van der Waals surface area contributed by atoms with Crippen LogP contribution < -0.4 is 15.5 Å². The number of hydrogen-bond donors (Lipinski definition) is 2. The molecule has 27 heavy (non-hydrogen) atoms. The van der Waals surface area contributed by atoms with Crippen LogP contribution in [0.15, 0.2) is 35.0 Å². The maximum atomic E-state index is 5.37. The van der Waals surface area contributed by atoms with E-state index in [0.717, 1.165) is 76.9 Å². The van der Waals surface area contributed by atoms with Crippen molar-refractivity contribution in [1.82, 2.24) is 15.6 Å². The molecule has 0 saturated carbocycles. The van der Waals surface area contributed by atoms with E-state index in [-0.39, 0.29) is 0 Å². The van der Waals surface area contributed by atoms with Crippen LogP contribution >= 0.6 is 0 Å².